The van der Waals surface area contributed by atoms with Crippen LogP contribution in [0.15, 0.2) is 30.3 Å². The Hall–Kier alpha value is -3.24. The van der Waals surface area contributed by atoms with Crippen LogP contribution in [-0.4, -0.2) is 61.8 Å². The minimum absolute atomic E-state index is 0. The van der Waals surface area contributed by atoms with Crippen molar-refractivity contribution in [2.24, 2.45) is 0 Å². The second kappa shape index (κ2) is 10.3. The van der Waals surface area contributed by atoms with E-state index in [2.05, 4.69) is 20.0 Å². The van der Waals surface area contributed by atoms with Crippen LogP contribution in [0, 0.1) is 0 Å². The molecule has 0 aliphatic rings. The van der Waals surface area contributed by atoms with Crippen LogP contribution in [0.25, 0.3) is 0 Å². The zero-order valence-electron chi connectivity index (χ0n) is 15.3. The maximum atomic E-state index is 12.3. The first-order valence-electron chi connectivity index (χ1n) is 7.72. The van der Waals surface area contributed by atoms with E-state index in [0.29, 0.717) is 0 Å². The summed E-state index contributed by atoms with van der Waals surface area (Å²) in [5.41, 5.74) is 0.255. The molecule has 154 valence electrons. The van der Waals surface area contributed by atoms with Crippen molar-refractivity contribution in [3.63, 3.8) is 0 Å². The molecule has 2 aromatic rings. The van der Waals surface area contributed by atoms with E-state index in [4.69, 9.17) is 9.47 Å². The van der Waals surface area contributed by atoms with Gasteiger partial charge in [-0.3, -0.25) is 5.32 Å². The third-order valence-corrected chi connectivity index (χ3v) is 4.53. The first-order chi connectivity index (χ1) is 13.3. The summed E-state index contributed by atoms with van der Waals surface area (Å²) >= 11 is 0. The topological polar surface area (TPSA) is 146 Å². The number of rotatable bonds is 7. The van der Waals surface area contributed by atoms with Crippen molar-refractivity contribution in [2.75, 3.05) is 26.6 Å². The fourth-order valence-electron chi connectivity index (χ4n) is 2.13. The van der Waals surface area contributed by atoms with Crippen LogP contribution in [0.1, 0.15) is 15.9 Å². The van der Waals surface area contributed by atoms with Gasteiger partial charge in [0, 0.05) is 0 Å². The number of carbonyl (C=O) groups is 2. The summed E-state index contributed by atoms with van der Waals surface area (Å²) in [5, 5.41) is 2.18. The Morgan fingerprint density at radius 2 is 1.62 bits per heavy atom. The average molecular weight is 421 g/mol. The molecule has 0 atom stereocenters. The number of carbonyl (C=O) groups excluding carboxylic acids is 2. The van der Waals surface area contributed by atoms with Gasteiger partial charge in [0.25, 0.3) is 0 Å². The van der Waals surface area contributed by atoms with Gasteiger partial charge in [0.05, 0.1) is 38.7 Å². The second-order valence-corrected chi connectivity index (χ2v) is 6.96. The molecule has 0 unspecified atom stereocenters. The van der Waals surface area contributed by atoms with Crippen LogP contribution in [0.2, 0.25) is 0 Å². The average Bonchev–Trinajstić information content (AvgIpc) is 2.66. The van der Waals surface area contributed by atoms with Gasteiger partial charge in [-0.25, -0.2) is 22.7 Å². The predicted molar refractivity (Wildman–Crippen MR) is 106 cm³/mol. The number of methoxy groups -OCH3 is 3. The molecule has 0 aliphatic carbocycles. The number of anilines is 1. The van der Waals surface area contributed by atoms with Gasteiger partial charge >= 0.3 is 22.1 Å². The number of aromatic nitrogens is 2. The molecule has 0 bridgehead atoms. The van der Waals surface area contributed by atoms with Crippen molar-refractivity contribution < 1.29 is 32.2 Å². The molecule has 0 aliphatic heterocycles. The van der Waals surface area contributed by atoms with Gasteiger partial charge in [-0.05, 0) is 11.6 Å². The summed E-state index contributed by atoms with van der Waals surface area (Å²) in [6.45, 7) is 0. The molecule has 2 N–H and O–H groups in total. The standard InChI is InChI=1S/C16H18N4O7S.Be.2H/c1-25-12-8-13(26-2)18-15(17-12)19-16(22)20-28(23,24)9-10-6-4-5-7-11(10)14(21)27-3;;;/h4-8H,9H2,1-3H3,(H2,17,18,19,20,22);;;. The van der Waals surface area contributed by atoms with E-state index in [1.807, 2.05) is 4.72 Å². The summed E-state index contributed by atoms with van der Waals surface area (Å²) in [5.74, 6) is -1.31. The Morgan fingerprint density at radius 1 is 1.03 bits per heavy atom. The number of hydrogen-bond acceptors (Lipinski definition) is 9. The van der Waals surface area contributed by atoms with Crippen molar-refractivity contribution in [1.29, 1.82) is 0 Å². The van der Waals surface area contributed by atoms with Crippen molar-refractivity contribution in [3.05, 3.63) is 41.5 Å². The molecule has 0 saturated heterocycles. The van der Waals surface area contributed by atoms with Crippen LogP contribution >= 0.6 is 0 Å². The fourth-order valence-corrected chi connectivity index (χ4v) is 3.20. The van der Waals surface area contributed by atoms with Gasteiger partial charge in [-0.15, -0.1) is 0 Å². The Labute approximate surface area is 171 Å². The van der Waals surface area contributed by atoms with Gasteiger partial charge in [0.2, 0.25) is 27.7 Å². The summed E-state index contributed by atoms with van der Waals surface area (Å²) in [6, 6.07) is 6.28. The minimum atomic E-state index is -4.14. The van der Waals surface area contributed by atoms with Crippen LogP contribution in [0.5, 0.6) is 11.8 Å². The number of sulfonamides is 1. The zero-order valence-corrected chi connectivity index (χ0v) is 16.1. The van der Waals surface area contributed by atoms with Crippen LogP contribution in [-0.2, 0) is 20.5 Å². The van der Waals surface area contributed by atoms with Crippen molar-refractivity contribution >= 4 is 38.1 Å². The monoisotopic (exact) mass is 421 g/mol. The number of nitrogens with zero attached hydrogens (tertiary/aromatic N) is 2. The van der Waals surface area contributed by atoms with Gasteiger partial charge in [0.15, 0.2) is 0 Å². The summed E-state index contributed by atoms with van der Waals surface area (Å²) in [4.78, 5) is 31.5. The SMILES string of the molecule is COC(=O)c1ccccc1CS(=O)(=O)NC(=O)Nc1nc(OC)cc(OC)n1.[BeH2]. The molecule has 0 spiro atoms. The molecule has 0 fully saturated rings. The van der Waals surface area contributed by atoms with Gasteiger partial charge < -0.3 is 14.2 Å². The number of esters is 1. The zero-order chi connectivity index (χ0) is 20.7. The Bertz CT molecular complexity index is 963. The first kappa shape index (κ1) is 23.8. The summed E-state index contributed by atoms with van der Waals surface area (Å²) < 4.78 is 40.9. The Kier molecular flexibility index (Phi) is 8.49. The van der Waals surface area contributed by atoms with E-state index in [9.17, 15) is 18.0 Å². The molecule has 1 heterocycles. The van der Waals surface area contributed by atoms with E-state index in [1.54, 1.807) is 12.1 Å². The number of amides is 2. The van der Waals surface area contributed by atoms with Crippen molar-refractivity contribution in [3.8, 4) is 11.8 Å². The van der Waals surface area contributed by atoms with Gasteiger partial charge in [-0.1, -0.05) is 18.2 Å². The predicted octanol–water partition coefficient (Wildman–Crippen LogP) is 0.0157. The number of ether oxygens (including phenoxy) is 3. The third kappa shape index (κ3) is 6.70. The van der Waals surface area contributed by atoms with Crippen LogP contribution < -0.4 is 19.5 Å². The van der Waals surface area contributed by atoms with Gasteiger partial charge in [-0.2, -0.15) is 9.97 Å². The quantitative estimate of drug-likeness (QED) is 0.466. The maximum absolute atomic E-state index is 12.3. The molecule has 2 rings (SSSR count). The Morgan fingerprint density at radius 3 is 2.17 bits per heavy atom. The molecule has 1 aromatic carbocycles. The molecule has 0 radical (unpaired) electrons. The van der Waals surface area contributed by atoms with E-state index >= 15 is 0 Å². The molecule has 13 heteroatoms. The van der Waals surface area contributed by atoms with Gasteiger partial charge in [0.1, 0.15) is 0 Å². The summed E-state index contributed by atoms with van der Waals surface area (Å²) in [6.07, 6.45) is 0. The second-order valence-electron chi connectivity index (χ2n) is 5.24. The molecular weight excluding hydrogens is 401 g/mol. The normalized spacial score (nSPS) is 10.3. The molecule has 0 saturated carbocycles. The van der Waals surface area contributed by atoms with Crippen molar-refractivity contribution in [1.82, 2.24) is 14.7 Å². The molecule has 2 amide bonds. The molecular formula is C16H20BeN4O7S. The molecule has 11 nitrogen and oxygen atoms in total. The van der Waals surface area contributed by atoms with Crippen molar-refractivity contribution in [2.45, 2.75) is 5.75 Å². The number of benzene rings is 1. The van der Waals surface area contributed by atoms with E-state index < -0.39 is 27.8 Å². The number of urea groups is 1. The Balaban J connectivity index is 0.00000420. The van der Waals surface area contributed by atoms with Crippen LogP contribution in [0.4, 0.5) is 10.7 Å². The first-order valence-corrected chi connectivity index (χ1v) is 9.38. The van der Waals surface area contributed by atoms with Crippen LogP contribution in [0.3, 0.4) is 0 Å². The summed E-state index contributed by atoms with van der Waals surface area (Å²) in [7, 11) is -0.243. The van der Waals surface area contributed by atoms with E-state index in [1.165, 1.54) is 39.5 Å². The molecule has 29 heavy (non-hydrogen) atoms. The van der Waals surface area contributed by atoms with E-state index in [0.717, 1.165) is 0 Å². The third-order valence-electron chi connectivity index (χ3n) is 3.34. The van der Waals surface area contributed by atoms with E-state index in [-0.39, 0.29) is 39.0 Å². The fraction of sp³-hybridized carbons (Fsp3) is 0.250. The molecule has 1 aromatic heterocycles. The number of nitrogens with one attached hydrogen (secondary N) is 2. The number of hydrogen-bond donors (Lipinski definition) is 2.